The van der Waals surface area contributed by atoms with Crippen molar-refractivity contribution in [2.45, 2.75) is 32.7 Å². The van der Waals surface area contributed by atoms with Crippen molar-refractivity contribution in [3.63, 3.8) is 0 Å². The minimum atomic E-state index is -0.402. The minimum absolute atomic E-state index is 0.0166. The molecule has 2 amide bonds. The number of carbonyl (C=O) groups excluding carboxylic acids is 2. The van der Waals surface area contributed by atoms with Gasteiger partial charge in [-0.25, -0.2) is 9.37 Å². The normalized spacial score (nSPS) is 10.8. The second-order valence-corrected chi connectivity index (χ2v) is 6.47. The van der Waals surface area contributed by atoms with E-state index in [9.17, 15) is 14.0 Å². The van der Waals surface area contributed by atoms with Gasteiger partial charge in [-0.15, -0.1) is 0 Å². The summed E-state index contributed by atoms with van der Waals surface area (Å²) in [6.45, 7) is 2.45. The average molecular weight is 382 g/mol. The van der Waals surface area contributed by atoms with E-state index in [4.69, 9.17) is 0 Å². The zero-order chi connectivity index (χ0) is 19.9. The molecule has 146 valence electrons. The highest BCUT2D eigenvalue weighted by molar-refractivity contribution is 5.91. The van der Waals surface area contributed by atoms with Gasteiger partial charge in [0.1, 0.15) is 18.2 Å². The summed E-state index contributed by atoms with van der Waals surface area (Å²) in [6, 6.07) is 13.4. The van der Waals surface area contributed by atoms with Gasteiger partial charge < -0.3 is 15.2 Å². The number of amides is 2. The highest BCUT2D eigenvalue weighted by Crippen LogP contribution is 2.18. The minimum Gasteiger partial charge on any atom is -0.356 e. The summed E-state index contributed by atoms with van der Waals surface area (Å²) >= 11 is 0. The predicted octanol–water partition coefficient (Wildman–Crippen LogP) is 3.27. The van der Waals surface area contributed by atoms with Crippen LogP contribution in [-0.4, -0.2) is 27.9 Å². The number of nitrogens with one attached hydrogen (secondary N) is 2. The number of hydrogen-bond donors (Lipinski definition) is 2. The van der Waals surface area contributed by atoms with Crippen LogP contribution in [0.3, 0.4) is 0 Å². The summed E-state index contributed by atoms with van der Waals surface area (Å²) in [5.41, 5.74) is 2.09. The lowest BCUT2D eigenvalue weighted by Crippen LogP contribution is -2.24. The van der Waals surface area contributed by atoms with Crippen molar-refractivity contribution in [1.29, 1.82) is 0 Å². The molecule has 2 aromatic carbocycles. The maximum absolute atomic E-state index is 13.3. The molecule has 2 N–H and O–H groups in total. The number of nitrogens with zero attached hydrogens (tertiary/aromatic N) is 2. The zero-order valence-corrected chi connectivity index (χ0v) is 15.7. The van der Waals surface area contributed by atoms with E-state index in [1.54, 1.807) is 12.1 Å². The average Bonchev–Trinajstić information content (AvgIpc) is 3.02. The number of anilines is 1. The van der Waals surface area contributed by atoms with Gasteiger partial charge in [-0.05, 0) is 36.8 Å². The van der Waals surface area contributed by atoms with E-state index < -0.39 is 5.82 Å². The lowest BCUT2D eigenvalue weighted by atomic mass is 10.2. The van der Waals surface area contributed by atoms with Crippen molar-refractivity contribution in [2.24, 2.45) is 0 Å². The van der Waals surface area contributed by atoms with Gasteiger partial charge in [0.2, 0.25) is 11.8 Å². The predicted molar refractivity (Wildman–Crippen MR) is 106 cm³/mol. The number of imidazole rings is 1. The maximum atomic E-state index is 13.3. The van der Waals surface area contributed by atoms with Gasteiger partial charge in [-0.3, -0.25) is 9.59 Å². The monoisotopic (exact) mass is 382 g/mol. The SMILES string of the molecule is CCC(=O)NCCCc1nc2ccccc2n1CC(=O)Nc1cccc(F)c1. The zero-order valence-electron chi connectivity index (χ0n) is 15.7. The summed E-state index contributed by atoms with van der Waals surface area (Å²) in [6.07, 6.45) is 1.81. The Bertz CT molecular complexity index is 983. The molecule has 0 saturated heterocycles. The van der Waals surface area contributed by atoms with Crippen LogP contribution in [0.4, 0.5) is 10.1 Å². The standard InChI is InChI=1S/C21H23FN4O2/c1-2-20(27)23-12-6-11-19-25-17-9-3-4-10-18(17)26(19)14-21(28)24-16-8-5-7-15(22)13-16/h3-5,7-10,13H,2,6,11-12,14H2,1H3,(H,23,27)(H,24,28). The summed E-state index contributed by atoms with van der Waals surface area (Å²) in [5, 5.41) is 5.56. The van der Waals surface area contributed by atoms with Crippen LogP contribution in [-0.2, 0) is 22.6 Å². The van der Waals surface area contributed by atoms with Crippen LogP contribution in [0.15, 0.2) is 48.5 Å². The molecule has 0 fully saturated rings. The topological polar surface area (TPSA) is 76.0 Å². The Morgan fingerprint density at radius 1 is 1.11 bits per heavy atom. The van der Waals surface area contributed by atoms with Crippen LogP contribution >= 0.6 is 0 Å². The second kappa shape index (κ2) is 9.12. The smallest absolute Gasteiger partial charge is 0.244 e. The van der Waals surface area contributed by atoms with Gasteiger partial charge in [0.05, 0.1) is 11.0 Å². The highest BCUT2D eigenvalue weighted by Gasteiger charge is 2.14. The Kier molecular flexibility index (Phi) is 6.37. The number of fused-ring (bicyclic) bond motifs is 1. The molecule has 1 aromatic heterocycles. The van der Waals surface area contributed by atoms with E-state index in [0.717, 1.165) is 23.3 Å². The van der Waals surface area contributed by atoms with Gasteiger partial charge >= 0.3 is 0 Å². The molecular formula is C21H23FN4O2. The lowest BCUT2D eigenvalue weighted by Gasteiger charge is -2.10. The van der Waals surface area contributed by atoms with Crippen LogP contribution in [0.25, 0.3) is 11.0 Å². The highest BCUT2D eigenvalue weighted by atomic mass is 19.1. The molecule has 0 unspecified atom stereocenters. The summed E-state index contributed by atoms with van der Waals surface area (Å²) in [4.78, 5) is 28.5. The van der Waals surface area contributed by atoms with E-state index in [0.29, 0.717) is 25.1 Å². The number of halogens is 1. The molecule has 0 atom stereocenters. The number of hydrogen-bond acceptors (Lipinski definition) is 3. The Labute approximate surface area is 162 Å². The first-order valence-corrected chi connectivity index (χ1v) is 9.33. The first kappa shape index (κ1) is 19.5. The van der Waals surface area contributed by atoms with E-state index in [1.165, 1.54) is 12.1 Å². The lowest BCUT2D eigenvalue weighted by molar-refractivity contribution is -0.120. The van der Waals surface area contributed by atoms with Crippen LogP contribution in [0, 0.1) is 5.82 Å². The van der Waals surface area contributed by atoms with Crippen molar-refractivity contribution in [2.75, 3.05) is 11.9 Å². The molecule has 0 bridgehead atoms. The Balaban J connectivity index is 1.73. The molecule has 0 saturated carbocycles. The third-order valence-corrected chi connectivity index (χ3v) is 4.36. The van der Waals surface area contributed by atoms with Crippen molar-refractivity contribution in [3.8, 4) is 0 Å². The fraction of sp³-hybridized carbons (Fsp3) is 0.286. The largest absolute Gasteiger partial charge is 0.356 e. The first-order valence-electron chi connectivity index (χ1n) is 9.33. The second-order valence-electron chi connectivity index (χ2n) is 6.47. The van der Waals surface area contributed by atoms with E-state index in [1.807, 2.05) is 35.8 Å². The quantitative estimate of drug-likeness (QED) is 0.587. The van der Waals surface area contributed by atoms with Gasteiger partial charge in [0.15, 0.2) is 0 Å². The van der Waals surface area contributed by atoms with Gasteiger partial charge in [0.25, 0.3) is 0 Å². The van der Waals surface area contributed by atoms with E-state index in [2.05, 4.69) is 15.6 Å². The van der Waals surface area contributed by atoms with Gasteiger partial charge in [-0.2, -0.15) is 0 Å². The number of para-hydroxylation sites is 2. The molecule has 3 rings (SSSR count). The Morgan fingerprint density at radius 3 is 2.71 bits per heavy atom. The molecule has 7 heteroatoms. The number of carbonyl (C=O) groups is 2. The Hall–Kier alpha value is -3.22. The van der Waals surface area contributed by atoms with E-state index >= 15 is 0 Å². The van der Waals surface area contributed by atoms with Crippen LogP contribution < -0.4 is 10.6 Å². The third kappa shape index (κ3) is 4.94. The number of aryl methyl sites for hydroxylation is 1. The molecule has 0 aliphatic heterocycles. The third-order valence-electron chi connectivity index (χ3n) is 4.36. The molecule has 0 spiro atoms. The van der Waals surface area contributed by atoms with Crippen molar-refractivity contribution in [3.05, 3.63) is 60.2 Å². The molecule has 1 heterocycles. The molecular weight excluding hydrogens is 359 g/mol. The fourth-order valence-electron chi connectivity index (χ4n) is 3.00. The molecule has 0 aliphatic rings. The van der Waals surface area contributed by atoms with Crippen LogP contribution in [0.1, 0.15) is 25.6 Å². The summed E-state index contributed by atoms with van der Waals surface area (Å²) in [7, 11) is 0. The van der Waals surface area contributed by atoms with Crippen molar-refractivity contribution < 1.29 is 14.0 Å². The molecule has 6 nitrogen and oxygen atoms in total. The van der Waals surface area contributed by atoms with Gasteiger partial charge in [0, 0.05) is 25.1 Å². The maximum Gasteiger partial charge on any atom is 0.244 e. The van der Waals surface area contributed by atoms with Gasteiger partial charge in [-0.1, -0.05) is 25.1 Å². The fourth-order valence-corrected chi connectivity index (χ4v) is 3.00. The number of rotatable bonds is 8. The van der Waals surface area contributed by atoms with Crippen molar-refractivity contribution in [1.82, 2.24) is 14.9 Å². The molecule has 0 radical (unpaired) electrons. The van der Waals surface area contributed by atoms with Crippen molar-refractivity contribution >= 4 is 28.5 Å². The van der Waals surface area contributed by atoms with Crippen LogP contribution in [0.2, 0.25) is 0 Å². The summed E-state index contributed by atoms with van der Waals surface area (Å²) in [5.74, 6) is 0.138. The molecule has 28 heavy (non-hydrogen) atoms. The van der Waals surface area contributed by atoms with Crippen LogP contribution in [0.5, 0.6) is 0 Å². The number of aromatic nitrogens is 2. The first-order chi connectivity index (χ1) is 13.6. The van der Waals surface area contributed by atoms with E-state index in [-0.39, 0.29) is 18.4 Å². The summed E-state index contributed by atoms with van der Waals surface area (Å²) < 4.78 is 15.2. The molecule has 3 aromatic rings. The Morgan fingerprint density at radius 2 is 1.93 bits per heavy atom. The molecule has 0 aliphatic carbocycles. The number of benzene rings is 2.